The third kappa shape index (κ3) is 3.85. The molecule has 0 saturated carbocycles. The van der Waals surface area contributed by atoms with E-state index < -0.39 is 17.4 Å². The second-order valence-electron chi connectivity index (χ2n) is 4.57. The largest absolute Gasteiger partial charge is 0.490 e. The van der Waals surface area contributed by atoms with E-state index >= 15 is 0 Å². The zero-order valence-corrected chi connectivity index (χ0v) is 11.7. The number of carbonyl (C=O) groups is 2. The molecule has 1 rings (SSSR count). The maximum Gasteiger partial charge on any atom is 0.329 e. The monoisotopic (exact) mass is 277 g/mol. The summed E-state index contributed by atoms with van der Waals surface area (Å²) in [6.07, 6.45) is 1.93. The minimum Gasteiger partial charge on any atom is -0.490 e. The van der Waals surface area contributed by atoms with Crippen molar-refractivity contribution in [3.05, 3.63) is 42.5 Å². The van der Waals surface area contributed by atoms with Crippen LogP contribution in [0.4, 0.5) is 0 Å². The van der Waals surface area contributed by atoms with Crippen LogP contribution in [0.5, 0.6) is 5.75 Å². The van der Waals surface area contributed by atoms with E-state index in [0.29, 0.717) is 24.3 Å². The van der Waals surface area contributed by atoms with Crippen molar-refractivity contribution in [3.8, 4) is 5.75 Å². The molecule has 1 unspecified atom stereocenters. The lowest BCUT2D eigenvalue weighted by molar-refractivity contribution is -0.143. The number of ether oxygens (including phenoxy) is 1. The summed E-state index contributed by atoms with van der Waals surface area (Å²) in [4.78, 5) is 23.2. The molecule has 0 aliphatic heterocycles. The maximum absolute atomic E-state index is 12.0. The first-order chi connectivity index (χ1) is 9.42. The molecule has 1 atom stereocenters. The summed E-state index contributed by atoms with van der Waals surface area (Å²) in [6, 6.07) is 6.49. The molecule has 0 heterocycles. The average molecular weight is 277 g/mol. The number of rotatable bonds is 7. The lowest BCUT2D eigenvalue weighted by atomic mass is 9.98. The summed E-state index contributed by atoms with van der Waals surface area (Å²) in [7, 11) is 0. The molecule has 0 spiro atoms. The predicted molar refractivity (Wildman–Crippen MR) is 75.9 cm³/mol. The molecule has 0 radical (unpaired) electrons. The van der Waals surface area contributed by atoms with Gasteiger partial charge in [0.1, 0.15) is 17.9 Å². The Morgan fingerprint density at radius 1 is 1.40 bits per heavy atom. The van der Waals surface area contributed by atoms with Crippen LogP contribution in [0.15, 0.2) is 36.9 Å². The first kappa shape index (κ1) is 15.8. The Balaban J connectivity index is 2.77. The van der Waals surface area contributed by atoms with Crippen LogP contribution >= 0.6 is 0 Å². The van der Waals surface area contributed by atoms with Gasteiger partial charge in [0.25, 0.3) is 5.91 Å². The lowest BCUT2D eigenvalue weighted by Crippen LogP contribution is -2.51. The zero-order valence-electron chi connectivity index (χ0n) is 11.7. The lowest BCUT2D eigenvalue weighted by Gasteiger charge is -2.24. The number of carbonyl (C=O) groups excluding carboxylic acids is 1. The molecule has 0 saturated heterocycles. The van der Waals surface area contributed by atoms with E-state index in [0.717, 1.165) is 0 Å². The van der Waals surface area contributed by atoms with E-state index in [1.807, 2.05) is 0 Å². The van der Waals surface area contributed by atoms with E-state index in [-0.39, 0.29) is 0 Å². The molecule has 0 bridgehead atoms. The van der Waals surface area contributed by atoms with Crippen molar-refractivity contribution in [2.24, 2.45) is 0 Å². The molecule has 1 amide bonds. The van der Waals surface area contributed by atoms with Crippen molar-refractivity contribution < 1.29 is 19.4 Å². The topological polar surface area (TPSA) is 75.6 Å². The fourth-order valence-electron chi connectivity index (χ4n) is 1.47. The minimum absolute atomic E-state index is 0.300. The molecular formula is C15H19NO4. The van der Waals surface area contributed by atoms with Crippen LogP contribution in [-0.2, 0) is 4.79 Å². The summed E-state index contributed by atoms with van der Waals surface area (Å²) >= 11 is 0. The highest BCUT2D eigenvalue weighted by atomic mass is 16.5. The van der Waals surface area contributed by atoms with Gasteiger partial charge in [-0.3, -0.25) is 4.79 Å². The van der Waals surface area contributed by atoms with Gasteiger partial charge >= 0.3 is 5.97 Å². The summed E-state index contributed by atoms with van der Waals surface area (Å²) in [5, 5.41) is 11.7. The van der Waals surface area contributed by atoms with E-state index in [1.165, 1.54) is 6.92 Å². The fraction of sp³-hybridized carbons (Fsp3) is 0.333. The Hall–Kier alpha value is -2.30. The van der Waals surface area contributed by atoms with E-state index in [1.54, 1.807) is 37.3 Å². The molecule has 0 aliphatic carbocycles. The molecule has 108 valence electrons. The molecule has 5 nitrogen and oxygen atoms in total. The number of aliphatic carboxylic acids is 1. The van der Waals surface area contributed by atoms with Crippen molar-refractivity contribution in [1.82, 2.24) is 5.32 Å². The number of benzene rings is 1. The van der Waals surface area contributed by atoms with Crippen molar-refractivity contribution in [2.75, 3.05) is 6.61 Å². The molecule has 1 aromatic carbocycles. The summed E-state index contributed by atoms with van der Waals surface area (Å²) in [5.74, 6) is -0.857. The number of nitrogens with one attached hydrogen (secondary N) is 1. The Bertz CT molecular complexity index is 495. The number of carboxylic acid groups (broad SMARTS) is 1. The number of carboxylic acids is 1. The molecule has 20 heavy (non-hydrogen) atoms. The van der Waals surface area contributed by atoms with Crippen molar-refractivity contribution >= 4 is 11.9 Å². The van der Waals surface area contributed by atoms with E-state index in [4.69, 9.17) is 9.84 Å². The Morgan fingerprint density at radius 3 is 2.45 bits per heavy atom. The highest BCUT2D eigenvalue weighted by molar-refractivity contribution is 5.97. The second-order valence-corrected chi connectivity index (χ2v) is 4.57. The van der Waals surface area contributed by atoms with Gasteiger partial charge in [-0.25, -0.2) is 4.79 Å². The number of hydrogen-bond acceptors (Lipinski definition) is 3. The van der Waals surface area contributed by atoms with Crippen LogP contribution in [0.3, 0.4) is 0 Å². The smallest absolute Gasteiger partial charge is 0.329 e. The van der Waals surface area contributed by atoms with Crippen LogP contribution in [0.2, 0.25) is 0 Å². The summed E-state index contributed by atoms with van der Waals surface area (Å²) in [5.41, 5.74) is -0.883. The fourth-order valence-corrected chi connectivity index (χ4v) is 1.47. The standard InChI is InChI=1S/C15H19NO4/c1-4-10-20-12-8-6-11(7-9-12)13(17)16-15(3,5-2)14(18)19/h4,6-9H,1,5,10H2,2-3H3,(H,16,17)(H,18,19). The summed E-state index contributed by atoms with van der Waals surface area (Å²) in [6.45, 7) is 7.12. The van der Waals surface area contributed by atoms with E-state index in [2.05, 4.69) is 11.9 Å². The van der Waals surface area contributed by atoms with Crippen LogP contribution in [-0.4, -0.2) is 29.1 Å². The maximum atomic E-state index is 12.0. The van der Waals surface area contributed by atoms with Crippen LogP contribution in [0.1, 0.15) is 30.6 Å². The van der Waals surface area contributed by atoms with Gasteiger partial charge in [-0.1, -0.05) is 19.6 Å². The van der Waals surface area contributed by atoms with Crippen LogP contribution < -0.4 is 10.1 Å². The summed E-state index contributed by atoms with van der Waals surface area (Å²) < 4.78 is 5.31. The molecule has 5 heteroatoms. The predicted octanol–water partition coefficient (Wildman–Crippen LogP) is 2.23. The number of hydrogen-bond donors (Lipinski definition) is 2. The van der Waals surface area contributed by atoms with Gasteiger partial charge in [0.05, 0.1) is 0 Å². The first-order valence-corrected chi connectivity index (χ1v) is 6.32. The molecule has 0 fully saturated rings. The average Bonchev–Trinajstić information content (AvgIpc) is 2.45. The van der Waals surface area contributed by atoms with Gasteiger partial charge in [-0.05, 0) is 37.6 Å². The third-order valence-corrected chi connectivity index (χ3v) is 3.05. The van der Waals surface area contributed by atoms with Gasteiger partial charge < -0.3 is 15.2 Å². The van der Waals surface area contributed by atoms with E-state index in [9.17, 15) is 9.59 Å². The van der Waals surface area contributed by atoms with Gasteiger partial charge in [0, 0.05) is 5.56 Å². The van der Waals surface area contributed by atoms with Crippen molar-refractivity contribution in [1.29, 1.82) is 0 Å². The third-order valence-electron chi connectivity index (χ3n) is 3.05. The van der Waals surface area contributed by atoms with Gasteiger partial charge in [0.2, 0.25) is 0 Å². The zero-order chi connectivity index (χ0) is 15.2. The Labute approximate surface area is 118 Å². The minimum atomic E-state index is -1.27. The molecule has 0 aliphatic rings. The highest BCUT2D eigenvalue weighted by Crippen LogP contribution is 2.15. The van der Waals surface area contributed by atoms with Gasteiger partial charge in [0.15, 0.2) is 0 Å². The second kappa shape index (κ2) is 6.75. The van der Waals surface area contributed by atoms with Crippen LogP contribution in [0, 0.1) is 0 Å². The quantitative estimate of drug-likeness (QED) is 0.749. The normalized spacial score (nSPS) is 13.1. The Kier molecular flexibility index (Phi) is 5.32. The Morgan fingerprint density at radius 2 is 2.00 bits per heavy atom. The van der Waals surface area contributed by atoms with Crippen LogP contribution in [0.25, 0.3) is 0 Å². The number of amides is 1. The van der Waals surface area contributed by atoms with Crippen molar-refractivity contribution in [3.63, 3.8) is 0 Å². The highest BCUT2D eigenvalue weighted by Gasteiger charge is 2.32. The molecule has 0 aromatic heterocycles. The molecule has 2 N–H and O–H groups in total. The molecule has 1 aromatic rings. The van der Waals surface area contributed by atoms with Gasteiger partial charge in [-0.2, -0.15) is 0 Å². The SMILES string of the molecule is C=CCOc1ccc(C(=O)NC(C)(CC)C(=O)O)cc1. The van der Waals surface area contributed by atoms with Gasteiger partial charge in [-0.15, -0.1) is 0 Å². The molecular weight excluding hydrogens is 258 g/mol. The first-order valence-electron chi connectivity index (χ1n) is 6.32. The van der Waals surface area contributed by atoms with Crippen molar-refractivity contribution in [2.45, 2.75) is 25.8 Å².